The Bertz CT molecular complexity index is 674. The Morgan fingerprint density at radius 3 is 2.59 bits per heavy atom. The summed E-state index contributed by atoms with van der Waals surface area (Å²) in [4.78, 5) is 10.4. The minimum atomic E-state index is -0.383. The Kier molecular flexibility index (Phi) is 3.79. The molecule has 5 heteroatoms. The van der Waals surface area contributed by atoms with E-state index >= 15 is 0 Å². The van der Waals surface area contributed by atoms with E-state index in [1.165, 1.54) is 0 Å². The van der Waals surface area contributed by atoms with Crippen LogP contribution < -0.4 is 0 Å². The van der Waals surface area contributed by atoms with Crippen LogP contribution in [0, 0.1) is 21.4 Å². The normalized spacial score (nSPS) is 24.1. The molecule has 114 valence electrons. The summed E-state index contributed by atoms with van der Waals surface area (Å²) in [6, 6.07) is 6.76. The maximum Gasteiger partial charge on any atom is 0.269 e. The molecule has 0 aromatic heterocycles. The fourth-order valence-electron chi connectivity index (χ4n) is 3.41. The highest BCUT2D eigenvalue weighted by Gasteiger charge is 2.33. The SMILES string of the molecule is COC1=CC2=CC(=N)CC(c3ccc([N+](=O)[O-])cc3)C2CC1. The number of allylic oxidation sites excluding steroid dienone is 4. The summed E-state index contributed by atoms with van der Waals surface area (Å²) in [7, 11) is 1.68. The summed E-state index contributed by atoms with van der Waals surface area (Å²) in [5.74, 6) is 1.53. The molecular weight excluding hydrogens is 280 g/mol. The summed E-state index contributed by atoms with van der Waals surface area (Å²) in [5.41, 5.74) is 2.92. The predicted molar refractivity (Wildman–Crippen MR) is 84.1 cm³/mol. The molecule has 1 N–H and O–H groups in total. The Labute approximate surface area is 129 Å². The molecule has 0 fully saturated rings. The van der Waals surface area contributed by atoms with E-state index in [1.807, 2.05) is 24.3 Å². The average molecular weight is 298 g/mol. The van der Waals surface area contributed by atoms with Crippen LogP contribution in [0.2, 0.25) is 0 Å². The number of ether oxygens (including phenoxy) is 1. The average Bonchev–Trinajstić information content (AvgIpc) is 2.53. The third-order valence-electron chi connectivity index (χ3n) is 4.52. The Balaban J connectivity index is 1.92. The summed E-state index contributed by atoms with van der Waals surface area (Å²) >= 11 is 0. The van der Waals surface area contributed by atoms with Gasteiger partial charge in [0.15, 0.2) is 0 Å². The number of non-ortho nitro benzene ring substituents is 1. The molecule has 0 saturated carbocycles. The van der Waals surface area contributed by atoms with E-state index in [4.69, 9.17) is 10.1 Å². The van der Waals surface area contributed by atoms with Crippen molar-refractivity contribution in [1.82, 2.24) is 0 Å². The number of nitro groups is 1. The van der Waals surface area contributed by atoms with Crippen LogP contribution in [0.1, 0.15) is 30.7 Å². The molecule has 5 nitrogen and oxygen atoms in total. The molecule has 2 aliphatic rings. The van der Waals surface area contributed by atoms with Gasteiger partial charge in [0.25, 0.3) is 5.69 Å². The van der Waals surface area contributed by atoms with Gasteiger partial charge in [0.2, 0.25) is 0 Å². The highest BCUT2D eigenvalue weighted by atomic mass is 16.6. The van der Waals surface area contributed by atoms with Gasteiger partial charge in [-0.05, 0) is 48.0 Å². The topological polar surface area (TPSA) is 76.2 Å². The molecule has 1 aromatic rings. The Hall–Kier alpha value is -2.43. The van der Waals surface area contributed by atoms with Gasteiger partial charge in [-0.3, -0.25) is 10.1 Å². The number of fused-ring (bicyclic) bond motifs is 1. The first-order valence-corrected chi connectivity index (χ1v) is 7.36. The molecule has 0 heterocycles. The summed E-state index contributed by atoms with van der Waals surface area (Å²) in [6.07, 6.45) is 6.54. The van der Waals surface area contributed by atoms with Crippen molar-refractivity contribution in [2.45, 2.75) is 25.2 Å². The predicted octanol–water partition coefficient (Wildman–Crippen LogP) is 3.97. The zero-order chi connectivity index (χ0) is 15.7. The Morgan fingerprint density at radius 2 is 1.95 bits per heavy atom. The summed E-state index contributed by atoms with van der Waals surface area (Å²) in [5, 5.41) is 18.8. The van der Waals surface area contributed by atoms with E-state index in [-0.39, 0.29) is 16.5 Å². The molecule has 2 aliphatic carbocycles. The lowest BCUT2D eigenvalue weighted by Crippen LogP contribution is -2.25. The van der Waals surface area contributed by atoms with E-state index in [1.54, 1.807) is 19.2 Å². The lowest BCUT2D eigenvalue weighted by Gasteiger charge is -2.35. The van der Waals surface area contributed by atoms with Gasteiger partial charge in [-0.2, -0.15) is 0 Å². The minimum Gasteiger partial charge on any atom is -0.501 e. The van der Waals surface area contributed by atoms with Crippen LogP contribution in [0.3, 0.4) is 0 Å². The number of nitro benzene ring substituents is 1. The largest absolute Gasteiger partial charge is 0.501 e. The quantitative estimate of drug-likeness (QED) is 0.677. The van der Waals surface area contributed by atoms with Crippen LogP contribution in [0.5, 0.6) is 0 Å². The van der Waals surface area contributed by atoms with Crippen LogP contribution in [-0.4, -0.2) is 17.7 Å². The number of rotatable bonds is 3. The fraction of sp³-hybridized carbons (Fsp3) is 0.353. The third kappa shape index (κ3) is 2.66. The van der Waals surface area contributed by atoms with Gasteiger partial charge >= 0.3 is 0 Å². The molecule has 0 bridgehead atoms. The van der Waals surface area contributed by atoms with Crippen LogP contribution in [-0.2, 0) is 4.74 Å². The number of nitrogens with one attached hydrogen (secondary N) is 1. The molecular formula is C17H18N2O3. The number of benzene rings is 1. The maximum absolute atomic E-state index is 10.8. The van der Waals surface area contributed by atoms with E-state index < -0.39 is 0 Å². The van der Waals surface area contributed by atoms with Gasteiger partial charge in [0.05, 0.1) is 17.8 Å². The van der Waals surface area contributed by atoms with Crippen molar-refractivity contribution >= 4 is 11.4 Å². The first-order chi connectivity index (χ1) is 10.6. The number of nitrogens with zero attached hydrogens (tertiary/aromatic N) is 1. The standard InChI is InChI=1S/C17H18N2O3/c1-22-15-6-7-16-12(9-15)8-13(18)10-17(16)11-2-4-14(5-3-11)19(20)21/h2-5,8-9,16-18H,6-7,10H2,1H3. The van der Waals surface area contributed by atoms with Crippen molar-refractivity contribution in [1.29, 1.82) is 5.41 Å². The molecule has 2 atom stereocenters. The van der Waals surface area contributed by atoms with Crippen LogP contribution in [0.4, 0.5) is 5.69 Å². The zero-order valence-corrected chi connectivity index (χ0v) is 12.4. The number of hydrogen-bond donors (Lipinski definition) is 1. The number of methoxy groups -OCH3 is 1. The van der Waals surface area contributed by atoms with Gasteiger partial charge in [-0.1, -0.05) is 12.1 Å². The second kappa shape index (κ2) is 5.75. The van der Waals surface area contributed by atoms with Crippen molar-refractivity contribution in [3.05, 3.63) is 63.4 Å². The summed E-state index contributed by atoms with van der Waals surface area (Å²) < 4.78 is 5.33. The molecule has 1 aromatic carbocycles. The van der Waals surface area contributed by atoms with Crippen molar-refractivity contribution in [2.24, 2.45) is 5.92 Å². The fourth-order valence-corrected chi connectivity index (χ4v) is 3.41. The van der Waals surface area contributed by atoms with E-state index in [0.717, 1.165) is 29.7 Å². The van der Waals surface area contributed by atoms with Crippen molar-refractivity contribution in [3.63, 3.8) is 0 Å². The maximum atomic E-state index is 10.8. The molecule has 22 heavy (non-hydrogen) atoms. The highest BCUT2D eigenvalue weighted by Crippen LogP contribution is 2.44. The van der Waals surface area contributed by atoms with Gasteiger partial charge in [0.1, 0.15) is 0 Å². The first kappa shape index (κ1) is 14.5. The monoisotopic (exact) mass is 298 g/mol. The van der Waals surface area contributed by atoms with Crippen LogP contribution in [0.25, 0.3) is 0 Å². The third-order valence-corrected chi connectivity index (χ3v) is 4.52. The zero-order valence-electron chi connectivity index (χ0n) is 12.4. The lowest BCUT2D eigenvalue weighted by atomic mass is 9.70. The van der Waals surface area contributed by atoms with Crippen molar-refractivity contribution < 1.29 is 9.66 Å². The van der Waals surface area contributed by atoms with E-state index in [9.17, 15) is 10.1 Å². The highest BCUT2D eigenvalue weighted by molar-refractivity contribution is 5.95. The molecule has 0 aliphatic heterocycles. The smallest absolute Gasteiger partial charge is 0.269 e. The van der Waals surface area contributed by atoms with Crippen molar-refractivity contribution in [3.8, 4) is 0 Å². The molecule has 0 spiro atoms. The first-order valence-electron chi connectivity index (χ1n) is 7.36. The minimum absolute atomic E-state index is 0.107. The van der Waals surface area contributed by atoms with Gasteiger partial charge in [0, 0.05) is 24.3 Å². The second-order valence-corrected chi connectivity index (χ2v) is 5.79. The molecule has 0 saturated heterocycles. The Morgan fingerprint density at radius 1 is 1.23 bits per heavy atom. The van der Waals surface area contributed by atoms with E-state index in [0.29, 0.717) is 18.1 Å². The molecule has 2 unspecified atom stereocenters. The van der Waals surface area contributed by atoms with Gasteiger partial charge in [-0.15, -0.1) is 0 Å². The number of hydrogen-bond acceptors (Lipinski definition) is 4. The molecule has 0 amide bonds. The van der Waals surface area contributed by atoms with E-state index in [2.05, 4.69) is 0 Å². The van der Waals surface area contributed by atoms with Gasteiger partial charge < -0.3 is 10.1 Å². The van der Waals surface area contributed by atoms with Crippen LogP contribution >= 0.6 is 0 Å². The summed E-state index contributed by atoms with van der Waals surface area (Å²) in [6.45, 7) is 0. The lowest BCUT2D eigenvalue weighted by molar-refractivity contribution is -0.384. The van der Waals surface area contributed by atoms with Crippen LogP contribution in [0.15, 0.2) is 47.7 Å². The molecule has 3 rings (SSSR count). The van der Waals surface area contributed by atoms with Crippen molar-refractivity contribution in [2.75, 3.05) is 7.11 Å². The molecule has 0 radical (unpaired) electrons. The second-order valence-electron chi connectivity index (χ2n) is 5.79. The van der Waals surface area contributed by atoms with Gasteiger partial charge in [-0.25, -0.2) is 0 Å².